The summed E-state index contributed by atoms with van der Waals surface area (Å²) in [4.78, 5) is 28.0. The number of thioether (sulfide) groups is 1. The van der Waals surface area contributed by atoms with E-state index in [-0.39, 0.29) is 11.9 Å². The molecule has 0 bridgehead atoms. The Labute approximate surface area is 199 Å². The zero-order valence-electron chi connectivity index (χ0n) is 17.3. The van der Waals surface area contributed by atoms with Gasteiger partial charge in [-0.05, 0) is 47.7 Å². The maximum atomic E-state index is 13.1. The lowest BCUT2D eigenvalue weighted by atomic mass is 10.1. The Morgan fingerprint density at radius 2 is 1.88 bits per heavy atom. The Kier molecular flexibility index (Phi) is 6.74. The van der Waals surface area contributed by atoms with E-state index in [0.717, 1.165) is 11.1 Å². The number of benzene rings is 2. The molecule has 0 radical (unpaired) electrons. The van der Waals surface area contributed by atoms with Gasteiger partial charge in [0.2, 0.25) is 0 Å². The Balaban J connectivity index is 1.55. The molecule has 1 fully saturated rings. The van der Waals surface area contributed by atoms with E-state index in [2.05, 4.69) is 0 Å². The quantitative estimate of drug-likeness (QED) is 0.188. The first kappa shape index (κ1) is 22.3. The monoisotopic (exact) mass is 481 g/mol. The van der Waals surface area contributed by atoms with Gasteiger partial charge in [-0.2, -0.15) is 0 Å². The van der Waals surface area contributed by atoms with Crippen LogP contribution in [0.3, 0.4) is 0 Å². The molecule has 1 aliphatic rings. The van der Waals surface area contributed by atoms with Crippen molar-refractivity contribution in [2.24, 2.45) is 0 Å². The number of carbonyl (C=O) groups excluding carboxylic acids is 2. The van der Waals surface area contributed by atoms with Crippen LogP contribution >= 0.6 is 35.3 Å². The second-order valence-corrected chi connectivity index (χ2v) is 9.54. The van der Waals surface area contributed by atoms with Crippen molar-refractivity contribution in [2.75, 3.05) is 7.11 Å². The van der Waals surface area contributed by atoms with E-state index in [1.165, 1.54) is 30.2 Å². The van der Waals surface area contributed by atoms with Gasteiger partial charge in [0, 0.05) is 0 Å². The topological polar surface area (TPSA) is 55.8 Å². The number of esters is 1. The molecule has 4 rings (SSSR count). The minimum Gasteiger partial charge on any atom is -0.493 e. The van der Waals surface area contributed by atoms with Crippen molar-refractivity contribution in [1.29, 1.82) is 0 Å². The van der Waals surface area contributed by atoms with Crippen LogP contribution in [0.25, 0.3) is 6.08 Å². The normalized spacial score (nSPS) is 15.8. The van der Waals surface area contributed by atoms with Crippen molar-refractivity contribution in [1.82, 2.24) is 4.90 Å². The third kappa shape index (κ3) is 4.62. The van der Waals surface area contributed by atoms with E-state index in [1.54, 1.807) is 41.3 Å². The molecule has 0 spiro atoms. The van der Waals surface area contributed by atoms with Crippen LogP contribution < -0.4 is 9.47 Å². The number of hydrogen-bond donors (Lipinski definition) is 0. The summed E-state index contributed by atoms with van der Waals surface area (Å²) in [7, 11) is 1.50. The molecular formula is C24H19NO4S3. The molecule has 1 saturated heterocycles. The van der Waals surface area contributed by atoms with Gasteiger partial charge >= 0.3 is 5.97 Å². The smallest absolute Gasteiger partial charge is 0.353 e. The van der Waals surface area contributed by atoms with Crippen molar-refractivity contribution in [3.63, 3.8) is 0 Å². The highest BCUT2D eigenvalue weighted by Crippen LogP contribution is 2.39. The van der Waals surface area contributed by atoms with E-state index in [4.69, 9.17) is 21.7 Å². The molecule has 3 aromatic rings. The predicted molar refractivity (Wildman–Crippen MR) is 132 cm³/mol. The molecule has 1 aliphatic heterocycles. The van der Waals surface area contributed by atoms with E-state index < -0.39 is 5.97 Å². The van der Waals surface area contributed by atoms with Crippen LogP contribution in [0, 0.1) is 0 Å². The summed E-state index contributed by atoms with van der Waals surface area (Å²) in [6.45, 7) is 1.96. The lowest BCUT2D eigenvalue weighted by molar-refractivity contribution is -0.123. The number of hydrogen-bond acceptors (Lipinski definition) is 7. The van der Waals surface area contributed by atoms with Gasteiger partial charge in [-0.1, -0.05) is 66.4 Å². The van der Waals surface area contributed by atoms with Crippen molar-refractivity contribution in [2.45, 2.75) is 13.0 Å². The Morgan fingerprint density at radius 3 is 2.56 bits per heavy atom. The van der Waals surface area contributed by atoms with Gasteiger partial charge in [0.25, 0.3) is 5.91 Å². The third-order valence-electron chi connectivity index (χ3n) is 4.90. The molecule has 2 aromatic carbocycles. The first-order chi connectivity index (χ1) is 15.5. The average Bonchev–Trinajstić information content (AvgIpc) is 3.43. The molecule has 0 N–H and O–H groups in total. The van der Waals surface area contributed by atoms with E-state index in [0.29, 0.717) is 25.6 Å². The number of thiocarbonyl (C=S) groups is 1. The van der Waals surface area contributed by atoms with Crippen molar-refractivity contribution in [3.05, 3.63) is 87.0 Å². The molecule has 32 heavy (non-hydrogen) atoms. The highest BCUT2D eigenvalue weighted by atomic mass is 32.2. The summed E-state index contributed by atoms with van der Waals surface area (Å²) in [6, 6.07) is 18.3. The van der Waals surface area contributed by atoms with Crippen molar-refractivity contribution >= 4 is 57.6 Å². The fourth-order valence-corrected chi connectivity index (χ4v) is 5.27. The second-order valence-electron chi connectivity index (χ2n) is 6.92. The Morgan fingerprint density at radius 1 is 1.09 bits per heavy atom. The number of thiophene rings is 1. The maximum absolute atomic E-state index is 13.1. The lowest BCUT2D eigenvalue weighted by Gasteiger charge is -2.23. The molecule has 1 atom stereocenters. The molecule has 162 valence electrons. The van der Waals surface area contributed by atoms with Crippen LogP contribution in [0.5, 0.6) is 11.5 Å². The van der Waals surface area contributed by atoms with Gasteiger partial charge in [-0.3, -0.25) is 9.69 Å². The molecule has 1 amide bonds. The van der Waals surface area contributed by atoms with E-state index in [9.17, 15) is 9.59 Å². The summed E-state index contributed by atoms with van der Waals surface area (Å²) >= 11 is 8.07. The number of rotatable bonds is 6. The zero-order valence-corrected chi connectivity index (χ0v) is 19.8. The standard InChI is InChI=1S/C24H19NO4S3/c1-15(17-7-4-3-5-8-17)25-22(26)21(32-24(25)30)14-16-10-11-18(19(13-16)28-2)29-23(27)20-9-6-12-31-20/h3-15H,1-2H3/b21-14+/t15-/m1/s1. The van der Waals surface area contributed by atoms with Gasteiger partial charge in [-0.15, -0.1) is 11.3 Å². The van der Waals surface area contributed by atoms with Crippen LogP contribution in [0.1, 0.15) is 33.8 Å². The minimum atomic E-state index is -0.443. The maximum Gasteiger partial charge on any atom is 0.353 e. The summed E-state index contributed by atoms with van der Waals surface area (Å²) in [5.41, 5.74) is 1.76. The molecule has 0 saturated carbocycles. The summed E-state index contributed by atoms with van der Waals surface area (Å²) in [5.74, 6) is 0.135. The number of ether oxygens (including phenoxy) is 2. The van der Waals surface area contributed by atoms with E-state index in [1.807, 2.05) is 42.6 Å². The summed E-state index contributed by atoms with van der Waals surface area (Å²) in [6.07, 6.45) is 1.77. The van der Waals surface area contributed by atoms with Gasteiger partial charge in [-0.25, -0.2) is 4.79 Å². The lowest BCUT2D eigenvalue weighted by Crippen LogP contribution is -2.30. The largest absolute Gasteiger partial charge is 0.493 e. The molecule has 1 aromatic heterocycles. The molecule has 8 heteroatoms. The van der Waals surface area contributed by atoms with Gasteiger partial charge < -0.3 is 9.47 Å². The van der Waals surface area contributed by atoms with Gasteiger partial charge in [0.05, 0.1) is 18.1 Å². The number of nitrogens with zero attached hydrogens (tertiary/aromatic N) is 1. The summed E-state index contributed by atoms with van der Waals surface area (Å²) < 4.78 is 11.4. The number of amides is 1. The second kappa shape index (κ2) is 9.68. The minimum absolute atomic E-state index is 0.136. The summed E-state index contributed by atoms with van der Waals surface area (Å²) in [5, 5.41) is 1.81. The van der Waals surface area contributed by atoms with Crippen molar-refractivity contribution in [3.8, 4) is 11.5 Å². The van der Waals surface area contributed by atoms with Crippen LogP contribution in [-0.4, -0.2) is 28.2 Å². The van der Waals surface area contributed by atoms with Crippen LogP contribution in [0.15, 0.2) is 70.9 Å². The fourth-order valence-electron chi connectivity index (χ4n) is 3.25. The van der Waals surface area contributed by atoms with Gasteiger partial charge in [0.15, 0.2) is 11.5 Å². The first-order valence-corrected chi connectivity index (χ1v) is 11.8. The third-order valence-corrected chi connectivity index (χ3v) is 7.08. The highest BCUT2D eigenvalue weighted by molar-refractivity contribution is 8.26. The highest BCUT2D eigenvalue weighted by Gasteiger charge is 2.35. The fraction of sp³-hybridized carbons (Fsp3) is 0.125. The molecular weight excluding hydrogens is 462 g/mol. The van der Waals surface area contributed by atoms with Crippen LogP contribution in [0.2, 0.25) is 0 Å². The van der Waals surface area contributed by atoms with Crippen molar-refractivity contribution < 1.29 is 19.1 Å². The van der Waals surface area contributed by atoms with E-state index >= 15 is 0 Å². The molecule has 5 nitrogen and oxygen atoms in total. The average molecular weight is 482 g/mol. The SMILES string of the molecule is COc1cc(/C=C2/SC(=S)N([C@H](C)c3ccccc3)C2=O)ccc1OC(=O)c1cccs1. The zero-order chi connectivity index (χ0) is 22.7. The predicted octanol–water partition coefficient (Wildman–Crippen LogP) is 5.94. The molecule has 0 unspecified atom stereocenters. The Hall–Kier alpha value is -2.94. The first-order valence-electron chi connectivity index (χ1n) is 9.73. The number of methoxy groups -OCH3 is 1. The van der Waals surface area contributed by atoms with Gasteiger partial charge in [0.1, 0.15) is 9.20 Å². The van der Waals surface area contributed by atoms with Crippen LogP contribution in [0.4, 0.5) is 0 Å². The Bertz CT molecular complexity index is 1190. The number of carbonyl (C=O) groups is 2. The molecule has 2 heterocycles. The molecule has 0 aliphatic carbocycles. The van der Waals surface area contributed by atoms with Crippen LogP contribution in [-0.2, 0) is 4.79 Å².